The minimum Gasteiger partial charge on any atom is -0.443 e. The van der Waals surface area contributed by atoms with Crippen LogP contribution in [-0.2, 0) is 20.9 Å². The number of aromatic nitrogens is 3. The number of carbonyl (C=O) groups excluding carboxylic acids is 1. The second kappa shape index (κ2) is 11.3. The highest BCUT2D eigenvalue weighted by molar-refractivity contribution is 6.76. The highest BCUT2D eigenvalue weighted by Crippen LogP contribution is 2.32. The average molecular weight is 525 g/mol. The quantitative estimate of drug-likeness (QED) is 0.253. The summed E-state index contributed by atoms with van der Waals surface area (Å²) in [6, 6.07) is 9.16. The van der Waals surface area contributed by atoms with Gasteiger partial charge >= 0.3 is 6.09 Å². The Kier molecular flexibility index (Phi) is 8.35. The topological polar surface area (TPSA) is 78.7 Å². The van der Waals surface area contributed by atoms with E-state index in [1.807, 2.05) is 45.2 Å². The highest BCUT2D eigenvalue weighted by Gasteiger charge is 2.32. The van der Waals surface area contributed by atoms with E-state index in [0.29, 0.717) is 25.8 Å². The normalized spacial score (nSPS) is 15.2. The van der Waals surface area contributed by atoms with Gasteiger partial charge in [0.2, 0.25) is 0 Å². The Balaban J connectivity index is 1.74. The van der Waals surface area contributed by atoms with Gasteiger partial charge in [-0.25, -0.2) is 9.78 Å². The number of nitrogens with zero attached hydrogens (tertiary/aromatic N) is 4. The molecule has 0 saturated carbocycles. The SMILES string of the molecule is CC(C)(C)OC(=O)N(c1cc2c(cn1)cc(-c1ccncc1)n2COCC[Si](C)(C)C)C1CCOCC1. The summed E-state index contributed by atoms with van der Waals surface area (Å²) in [4.78, 5) is 24.0. The van der Waals surface area contributed by atoms with Gasteiger partial charge in [-0.15, -0.1) is 0 Å². The number of anilines is 1. The highest BCUT2D eigenvalue weighted by atomic mass is 28.3. The lowest BCUT2D eigenvalue weighted by Crippen LogP contribution is -2.46. The molecule has 0 aromatic carbocycles. The van der Waals surface area contributed by atoms with Gasteiger partial charge in [0.15, 0.2) is 0 Å². The van der Waals surface area contributed by atoms with Crippen LogP contribution in [0.5, 0.6) is 0 Å². The summed E-state index contributed by atoms with van der Waals surface area (Å²) in [5.74, 6) is 0.580. The third-order valence-corrected chi connectivity index (χ3v) is 8.06. The zero-order chi connectivity index (χ0) is 26.6. The Labute approximate surface area is 221 Å². The van der Waals surface area contributed by atoms with E-state index >= 15 is 0 Å². The summed E-state index contributed by atoms with van der Waals surface area (Å²) < 4.78 is 19.7. The van der Waals surface area contributed by atoms with Gasteiger partial charge in [-0.05, 0) is 57.9 Å². The van der Waals surface area contributed by atoms with E-state index in [-0.39, 0.29) is 12.1 Å². The maximum Gasteiger partial charge on any atom is 0.416 e. The molecule has 0 spiro atoms. The number of pyridine rings is 2. The lowest BCUT2D eigenvalue weighted by Gasteiger charge is -2.34. The monoisotopic (exact) mass is 524 g/mol. The van der Waals surface area contributed by atoms with E-state index in [1.54, 1.807) is 17.3 Å². The Morgan fingerprint density at radius 3 is 2.51 bits per heavy atom. The molecule has 0 bridgehead atoms. The molecule has 37 heavy (non-hydrogen) atoms. The van der Waals surface area contributed by atoms with Gasteiger partial charge < -0.3 is 18.8 Å². The van der Waals surface area contributed by atoms with Crippen molar-refractivity contribution < 1.29 is 19.0 Å². The van der Waals surface area contributed by atoms with E-state index < -0.39 is 13.7 Å². The van der Waals surface area contributed by atoms with Crippen LogP contribution in [0.15, 0.2) is 42.9 Å². The first-order valence-electron chi connectivity index (χ1n) is 13.1. The molecule has 4 rings (SSSR count). The van der Waals surface area contributed by atoms with Crippen LogP contribution >= 0.6 is 0 Å². The molecule has 1 aliphatic rings. The molecule has 1 fully saturated rings. The number of fused-ring (bicyclic) bond motifs is 1. The van der Waals surface area contributed by atoms with E-state index in [0.717, 1.165) is 47.7 Å². The molecule has 1 aliphatic heterocycles. The minimum absolute atomic E-state index is 0.0374. The number of carbonyl (C=O) groups is 1. The molecule has 200 valence electrons. The maximum atomic E-state index is 13.4. The fraction of sp³-hybridized carbons (Fsp3) is 0.536. The number of amides is 1. The van der Waals surface area contributed by atoms with Crippen LogP contribution in [0.2, 0.25) is 25.7 Å². The number of ether oxygens (including phenoxy) is 3. The maximum absolute atomic E-state index is 13.4. The van der Waals surface area contributed by atoms with Crippen LogP contribution < -0.4 is 4.90 Å². The summed E-state index contributed by atoms with van der Waals surface area (Å²) >= 11 is 0. The molecular weight excluding hydrogens is 484 g/mol. The predicted molar refractivity (Wildman–Crippen MR) is 150 cm³/mol. The lowest BCUT2D eigenvalue weighted by molar-refractivity contribution is 0.0485. The van der Waals surface area contributed by atoms with Crippen molar-refractivity contribution in [2.45, 2.75) is 77.7 Å². The van der Waals surface area contributed by atoms with Crippen molar-refractivity contribution >= 4 is 30.9 Å². The first-order chi connectivity index (χ1) is 17.5. The zero-order valence-electron chi connectivity index (χ0n) is 23.0. The largest absolute Gasteiger partial charge is 0.443 e. The fourth-order valence-corrected chi connectivity index (χ4v) is 5.15. The molecule has 8 nitrogen and oxygen atoms in total. The summed E-state index contributed by atoms with van der Waals surface area (Å²) in [6.07, 6.45) is 6.52. The van der Waals surface area contributed by atoms with E-state index in [9.17, 15) is 4.79 Å². The van der Waals surface area contributed by atoms with Crippen LogP contribution in [0.1, 0.15) is 33.6 Å². The van der Waals surface area contributed by atoms with Crippen molar-refractivity contribution in [1.29, 1.82) is 0 Å². The van der Waals surface area contributed by atoms with Gasteiger partial charge in [0.25, 0.3) is 0 Å². The van der Waals surface area contributed by atoms with Crippen molar-refractivity contribution in [3.63, 3.8) is 0 Å². The molecule has 0 atom stereocenters. The van der Waals surface area contributed by atoms with Crippen LogP contribution in [-0.4, -0.2) is 60.2 Å². The third-order valence-electron chi connectivity index (χ3n) is 6.36. The summed E-state index contributed by atoms with van der Waals surface area (Å²) in [5.41, 5.74) is 2.43. The van der Waals surface area contributed by atoms with E-state index in [1.165, 1.54) is 0 Å². The molecule has 3 aromatic heterocycles. The Morgan fingerprint density at radius 2 is 1.86 bits per heavy atom. The van der Waals surface area contributed by atoms with Crippen LogP contribution in [0.3, 0.4) is 0 Å². The average Bonchev–Trinajstić information content (AvgIpc) is 3.19. The number of hydrogen-bond donors (Lipinski definition) is 0. The molecule has 0 aliphatic carbocycles. The molecule has 3 aromatic rings. The van der Waals surface area contributed by atoms with Crippen LogP contribution in [0.25, 0.3) is 22.2 Å². The Bertz CT molecular complexity index is 1190. The zero-order valence-corrected chi connectivity index (χ0v) is 24.0. The molecule has 0 radical (unpaired) electrons. The van der Waals surface area contributed by atoms with Gasteiger partial charge in [-0.3, -0.25) is 9.88 Å². The Morgan fingerprint density at radius 1 is 1.16 bits per heavy atom. The first-order valence-corrected chi connectivity index (χ1v) is 16.8. The van der Waals surface area contributed by atoms with Gasteiger partial charge in [-0.2, -0.15) is 0 Å². The summed E-state index contributed by atoms with van der Waals surface area (Å²) in [5, 5.41) is 0.987. The molecular formula is C28H40N4O4Si. The molecule has 4 heterocycles. The van der Waals surface area contributed by atoms with E-state index in [2.05, 4.69) is 35.3 Å². The predicted octanol–water partition coefficient (Wildman–Crippen LogP) is 6.33. The molecule has 9 heteroatoms. The molecule has 0 N–H and O–H groups in total. The smallest absolute Gasteiger partial charge is 0.416 e. The van der Waals surface area contributed by atoms with Gasteiger partial charge in [-0.1, -0.05) is 19.6 Å². The molecule has 1 saturated heterocycles. The number of hydrogen-bond acceptors (Lipinski definition) is 6. The van der Waals surface area contributed by atoms with Crippen molar-refractivity contribution in [3.05, 3.63) is 42.9 Å². The van der Waals surface area contributed by atoms with Crippen molar-refractivity contribution in [2.75, 3.05) is 24.7 Å². The van der Waals surface area contributed by atoms with Crippen molar-refractivity contribution in [1.82, 2.24) is 14.5 Å². The first kappa shape index (κ1) is 27.3. The molecule has 0 unspecified atom stereocenters. The van der Waals surface area contributed by atoms with Crippen molar-refractivity contribution in [2.24, 2.45) is 0 Å². The minimum atomic E-state index is -1.21. The molecule has 1 amide bonds. The van der Waals surface area contributed by atoms with Gasteiger partial charge in [0.1, 0.15) is 18.1 Å². The van der Waals surface area contributed by atoms with Crippen LogP contribution in [0, 0.1) is 0 Å². The number of rotatable bonds is 8. The fourth-order valence-electron chi connectivity index (χ4n) is 4.40. The van der Waals surface area contributed by atoms with Gasteiger partial charge in [0, 0.05) is 69.5 Å². The second-order valence-electron chi connectivity index (χ2n) is 11.8. The lowest BCUT2D eigenvalue weighted by atomic mass is 10.1. The second-order valence-corrected chi connectivity index (χ2v) is 17.5. The summed E-state index contributed by atoms with van der Waals surface area (Å²) in [7, 11) is -1.21. The van der Waals surface area contributed by atoms with Crippen LogP contribution in [0.4, 0.5) is 10.6 Å². The Hall–Kier alpha value is -2.75. The van der Waals surface area contributed by atoms with Gasteiger partial charge in [0.05, 0.1) is 11.2 Å². The van der Waals surface area contributed by atoms with E-state index in [4.69, 9.17) is 19.2 Å². The standard InChI is InChI=1S/C28H40N4O4Si/c1-28(2,3)36-27(33)32(23-9-13-34-14-10-23)26-18-25-22(19-30-26)17-24(21-7-11-29-12-8-21)31(25)20-35-15-16-37(4,5)6/h7-8,11-12,17-19,23H,9-10,13-16,20H2,1-6H3. The third kappa shape index (κ3) is 7.18. The van der Waals surface area contributed by atoms with Crippen molar-refractivity contribution in [3.8, 4) is 11.3 Å². The summed E-state index contributed by atoms with van der Waals surface area (Å²) in [6.45, 7) is 15.1.